The molecule has 0 amide bonds. The molecule has 0 heterocycles. The predicted molar refractivity (Wildman–Crippen MR) is 129 cm³/mol. The average molecular weight is 691 g/mol. The van der Waals surface area contributed by atoms with Gasteiger partial charge in [0.05, 0.1) is 50.3 Å². The molecule has 17 heteroatoms. The van der Waals surface area contributed by atoms with Crippen molar-refractivity contribution in [3.8, 4) is 0 Å². The van der Waals surface area contributed by atoms with Crippen molar-refractivity contribution in [3.63, 3.8) is 0 Å². The Morgan fingerprint density at radius 2 is 0.537 bits per heavy atom. The van der Waals surface area contributed by atoms with Crippen molar-refractivity contribution in [2.75, 3.05) is 26.4 Å². The fourth-order valence-electron chi connectivity index (χ4n) is 1.31. The zero-order valence-electron chi connectivity index (χ0n) is 22.5. The molecule has 0 aromatic heterocycles. The quantitative estimate of drug-likeness (QED) is 0.0803. The van der Waals surface area contributed by atoms with Gasteiger partial charge in [-0.1, -0.05) is 0 Å². The molecule has 0 aromatic rings. The Balaban J connectivity index is -0.000000139. The summed E-state index contributed by atoms with van der Waals surface area (Å²) in [5.41, 5.74) is 0. The molecule has 224 valence electrons. The summed E-state index contributed by atoms with van der Waals surface area (Å²) in [6, 6.07) is 0. The van der Waals surface area contributed by atoms with Gasteiger partial charge in [-0.15, -0.1) is 0 Å². The number of carboxylic acid groups (broad SMARTS) is 4. The van der Waals surface area contributed by atoms with E-state index in [1.54, 1.807) is 27.7 Å². The molecular weight excluding hydrogens is 663 g/mol. The zero-order valence-corrected chi connectivity index (χ0v) is 25.3. The topological polar surface area (TPSA) is 266 Å². The standard InChI is InChI=1S/4C6H8O4.Sn/c4*1-2-10-6(9)4-3-5(7)8;/h4*3-4H,2H2,1H3,(H,7,8);/q;;;;+4/p-4. The van der Waals surface area contributed by atoms with Crippen LogP contribution < -0.4 is 20.4 Å². The van der Waals surface area contributed by atoms with Crippen molar-refractivity contribution in [1.29, 1.82) is 0 Å². The largest absolute Gasteiger partial charge is 4.00 e. The van der Waals surface area contributed by atoms with E-state index in [2.05, 4.69) is 18.9 Å². The predicted octanol–water partition coefficient (Wildman–Crippen LogP) is -4.96. The maximum Gasteiger partial charge on any atom is 4.00 e. The molecule has 41 heavy (non-hydrogen) atoms. The van der Waals surface area contributed by atoms with E-state index in [0.717, 1.165) is 24.3 Å². The number of carbonyl (C=O) groups excluding carboxylic acids is 8. The van der Waals surface area contributed by atoms with Gasteiger partial charge in [0.1, 0.15) is 0 Å². The first-order valence-electron chi connectivity index (χ1n) is 10.9. The second-order valence-electron chi connectivity index (χ2n) is 5.62. The van der Waals surface area contributed by atoms with Gasteiger partial charge in [0.25, 0.3) is 0 Å². The van der Waals surface area contributed by atoms with Crippen molar-refractivity contribution in [2.24, 2.45) is 0 Å². The number of ether oxygens (including phenoxy) is 4. The van der Waals surface area contributed by atoms with Crippen LogP contribution in [0.15, 0.2) is 48.6 Å². The maximum atomic E-state index is 10.3. The molecule has 0 spiro atoms. The van der Waals surface area contributed by atoms with Gasteiger partial charge in [0, 0.05) is 24.3 Å². The molecule has 16 nitrogen and oxygen atoms in total. The molecule has 0 aromatic carbocycles. The Morgan fingerprint density at radius 1 is 0.390 bits per heavy atom. The van der Waals surface area contributed by atoms with Gasteiger partial charge < -0.3 is 58.6 Å². The normalized spacial score (nSPS) is 9.46. The smallest absolute Gasteiger partial charge is 0.545 e. The second kappa shape index (κ2) is 33.5. The van der Waals surface area contributed by atoms with E-state index in [1.165, 1.54) is 0 Å². The van der Waals surface area contributed by atoms with E-state index in [1.807, 2.05) is 0 Å². The van der Waals surface area contributed by atoms with Crippen molar-refractivity contribution in [2.45, 2.75) is 27.7 Å². The first-order valence-corrected chi connectivity index (χ1v) is 10.9. The third kappa shape index (κ3) is 52.7. The van der Waals surface area contributed by atoms with Crippen LogP contribution in [0.25, 0.3) is 0 Å². The number of carbonyl (C=O) groups is 8. The maximum absolute atomic E-state index is 10.3. The van der Waals surface area contributed by atoms with E-state index in [0.29, 0.717) is 24.3 Å². The number of esters is 4. The number of rotatable bonds is 12. The van der Waals surface area contributed by atoms with E-state index in [-0.39, 0.29) is 50.3 Å². The van der Waals surface area contributed by atoms with Crippen molar-refractivity contribution >= 4 is 71.7 Å². The van der Waals surface area contributed by atoms with Gasteiger partial charge in [-0.3, -0.25) is 0 Å². The summed E-state index contributed by atoms with van der Waals surface area (Å²) in [5, 5.41) is 38.8. The Labute approximate surface area is 251 Å². The van der Waals surface area contributed by atoms with Crippen LogP contribution in [0.2, 0.25) is 0 Å². The van der Waals surface area contributed by atoms with Gasteiger partial charge >= 0.3 is 47.8 Å². The van der Waals surface area contributed by atoms with Gasteiger partial charge in [-0.2, -0.15) is 0 Å². The fraction of sp³-hybridized carbons (Fsp3) is 0.333. The van der Waals surface area contributed by atoms with E-state index in [9.17, 15) is 58.8 Å². The minimum atomic E-state index is -1.41. The van der Waals surface area contributed by atoms with Gasteiger partial charge in [-0.25, -0.2) is 19.2 Å². The molecule has 0 bridgehead atoms. The van der Waals surface area contributed by atoms with Crippen molar-refractivity contribution in [1.82, 2.24) is 0 Å². The summed E-state index contributed by atoms with van der Waals surface area (Å²) in [5.74, 6) is -8.33. The SMILES string of the molecule is CCOC(=O)C=CC(=O)[O-].CCOC(=O)C=CC(=O)[O-].CCOC(=O)C=CC(=O)[O-].CCOC(=O)C=CC(=O)[O-].[Sn+4]. The van der Waals surface area contributed by atoms with Crippen LogP contribution in [-0.4, -0.2) is 98.1 Å². The molecule has 0 aliphatic carbocycles. The number of hydrogen-bond donors (Lipinski definition) is 0. The van der Waals surface area contributed by atoms with Crippen LogP contribution in [-0.2, 0) is 57.3 Å². The molecule has 0 radical (unpaired) electrons. The molecule has 0 aliphatic rings. The van der Waals surface area contributed by atoms with E-state index < -0.39 is 47.8 Å². The molecular formula is C24H28O16Sn. The molecule has 0 aliphatic heterocycles. The van der Waals surface area contributed by atoms with Crippen molar-refractivity contribution < 1.29 is 77.7 Å². The van der Waals surface area contributed by atoms with Crippen LogP contribution in [0.3, 0.4) is 0 Å². The van der Waals surface area contributed by atoms with Crippen LogP contribution in [0.1, 0.15) is 27.7 Å². The molecule has 0 rings (SSSR count). The second-order valence-corrected chi connectivity index (χ2v) is 5.62. The monoisotopic (exact) mass is 692 g/mol. The van der Waals surface area contributed by atoms with Crippen molar-refractivity contribution in [3.05, 3.63) is 48.6 Å². The first-order chi connectivity index (χ1) is 18.7. The third-order valence-corrected chi connectivity index (χ3v) is 2.57. The fourth-order valence-corrected chi connectivity index (χ4v) is 1.31. The van der Waals surface area contributed by atoms with Crippen LogP contribution in [0.5, 0.6) is 0 Å². The molecule has 0 unspecified atom stereocenters. The molecule has 0 atom stereocenters. The van der Waals surface area contributed by atoms with Gasteiger partial charge in [0.2, 0.25) is 0 Å². The van der Waals surface area contributed by atoms with E-state index in [4.69, 9.17) is 0 Å². The van der Waals surface area contributed by atoms with Crippen LogP contribution in [0, 0.1) is 0 Å². The number of aliphatic carboxylic acids is 4. The number of carboxylic acids is 4. The summed E-state index contributed by atoms with van der Waals surface area (Å²) in [7, 11) is 0. The van der Waals surface area contributed by atoms with Crippen LogP contribution in [0.4, 0.5) is 0 Å². The Morgan fingerprint density at radius 3 is 0.634 bits per heavy atom. The minimum absolute atomic E-state index is 0. The zero-order chi connectivity index (χ0) is 31.9. The summed E-state index contributed by atoms with van der Waals surface area (Å²) >= 11 is 0. The summed E-state index contributed by atoms with van der Waals surface area (Å²) in [4.78, 5) is 80.2. The number of hydrogen-bond acceptors (Lipinski definition) is 16. The Bertz CT molecular complexity index is 795. The average Bonchev–Trinajstić information content (AvgIpc) is 2.86. The van der Waals surface area contributed by atoms with E-state index >= 15 is 0 Å². The first kappa shape index (κ1) is 46.4. The minimum Gasteiger partial charge on any atom is -0.545 e. The molecule has 0 N–H and O–H groups in total. The Hall–Kier alpha value is -4.48. The molecule has 0 saturated heterocycles. The van der Waals surface area contributed by atoms with Crippen LogP contribution >= 0.6 is 0 Å². The molecule has 0 fully saturated rings. The summed E-state index contributed by atoms with van der Waals surface area (Å²) in [6.07, 6.45) is 5.71. The summed E-state index contributed by atoms with van der Waals surface area (Å²) < 4.78 is 17.5. The summed E-state index contributed by atoms with van der Waals surface area (Å²) in [6.45, 7) is 7.45. The van der Waals surface area contributed by atoms with Gasteiger partial charge in [-0.05, 0) is 52.0 Å². The Kier molecular flexibility index (Phi) is 37.9. The van der Waals surface area contributed by atoms with Gasteiger partial charge in [0.15, 0.2) is 0 Å². The molecule has 0 saturated carbocycles. The third-order valence-electron chi connectivity index (χ3n) is 2.57.